The summed E-state index contributed by atoms with van der Waals surface area (Å²) in [6.45, 7) is 0. The van der Waals surface area contributed by atoms with Gasteiger partial charge in [-0.15, -0.1) is 0 Å². The Morgan fingerprint density at radius 3 is 2.50 bits per heavy atom. The lowest BCUT2D eigenvalue weighted by molar-refractivity contribution is 1.12. The van der Waals surface area contributed by atoms with Crippen LogP contribution in [0, 0.1) is 0 Å². The van der Waals surface area contributed by atoms with Gasteiger partial charge in [0.05, 0.1) is 11.2 Å². The second kappa shape index (κ2) is 3.38. The van der Waals surface area contributed by atoms with E-state index in [1.54, 1.807) is 0 Å². The highest BCUT2D eigenvalue weighted by Crippen LogP contribution is 2.26. The third kappa shape index (κ3) is 1.34. The molecular formula is C13H11N3. The number of hydrogen-bond acceptors (Lipinski definition) is 2. The quantitative estimate of drug-likeness (QED) is 0.605. The number of nitrogen functional groups attached to an aromatic ring is 1. The summed E-state index contributed by atoms with van der Waals surface area (Å²) in [4.78, 5) is 0. The van der Waals surface area contributed by atoms with E-state index < -0.39 is 0 Å². The lowest BCUT2D eigenvalue weighted by Gasteiger charge is -1.98. The summed E-state index contributed by atoms with van der Waals surface area (Å²) >= 11 is 0. The summed E-state index contributed by atoms with van der Waals surface area (Å²) in [7, 11) is 0. The Morgan fingerprint density at radius 1 is 0.938 bits per heavy atom. The lowest BCUT2D eigenvalue weighted by atomic mass is 10.1. The molecule has 16 heavy (non-hydrogen) atoms. The van der Waals surface area contributed by atoms with Crippen LogP contribution in [0.25, 0.3) is 22.2 Å². The fourth-order valence-corrected chi connectivity index (χ4v) is 1.82. The molecule has 0 amide bonds. The monoisotopic (exact) mass is 209 g/mol. The molecular weight excluding hydrogens is 198 g/mol. The van der Waals surface area contributed by atoms with Crippen LogP contribution in [-0.4, -0.2) is 10.2 Å². The van der Waals surface area contributed by atoms with Gasteiger partial charge in [-0.05, 0) is 18.2 Å². The lowest BCUT2D eigenvalue weighted by Crippen LogP contribution is -1.84. The Hall–Kier alpha value is -2.29. The first kappa shape index (κ1) is 8.97. The third-order valence-electron chi connectivity index (χ3n) is 2.65. The Kier molecular flexibility index (Phi) is 1.90. The molecule has 0 radical (unpaired) electrons. The number of nitrogens with one attached hydrogen (secondary N) is 1. The minimum atomic E-state index is 0.767. The first-order valence-electron chi connectivity index (χ1n) is 5.13. The number of aromatic nitrogens is 2. The van der Waals surface area contributed by atoms with E-state index >= 15 is 0 Å². The average molecular weight is 209 g/mol. The molecule has 1 heterocycles. The maximum Gasteiger partial charge on any atom is 0.0999 e. The van der Waals surface area contributed by atoms with Crippen molar-refractivity contribution in [3.8, 4) is 11.3 Å². The van der Waals surface area contributed by atoms with E-state index in [0.717, 1.165) is 27.8 Å². The van der Waals surface area contributed by atoms with Crippen LogP contribution >= 0.6 is 0 Å². The first-order valence-corrected chi connectivity index (χ1v) is 5.13. The summed E-state index contributed by atoms with van der Waals surface area (Å²) < 4.78 is 0. The van der Waals surface area contributed by atoms with Crippen LogP contribution in [0.2, 0.25) is 0 Å². The SMILES string of the molecule is Nc1ccc(-c2n[nH]c3ccccc23)cc1. The van der Waals surface area contributed by atoms with Crippen molar-refractivity contribution in [3.05, 3.63) is 48.5 Å². The van der Waals surface area contributed by atoms with E-state index in [9.17, 15) is 0 Å². The van der Waals surface area contributed by atoms with Crippen LogP contribution in [0.5, 0.6) is 0 Å². The van der Waals surface area contributed by atoms with Gasteiger partial charge in [0.15, 0.2) is 0 Å². The van der Waals surface area contributed by atoms with Crippen LogP contribution in [0.1, 0.15) is 0 Å². The second-order valence-corrected chi connectivity index (χ2v) is 3.74. The predicted octanol–water partition coefficient (Wildman–Crippen LogP) is 2.81. The van der Waals surface area contributed by atoms with Crippen molar-refractivity contribution in [3.63, 3.8) is 0 Å². The van der Waals surface area contributed by atoms with Crippen LogP contribution in [0.3, 0.4) is 0 Å². The number of hydrogen-bond donors (Lipinski definition) is 2. The number of anilines is 1. The molecule has 3 heteroatoms. The normalized spacial score (nSPS) is 10.8. The van der Waals surface area contributed by atoms with Crippen LogP contribution in [-0.2, 0) is 0 Å². The Morgan fingerprint density at radius 2 is 1.69 bits per heavy atom. The number of aromatic amines is 1. The van der Waals surface area contributed by atoms with Gasteiger partial charge < -0.3 is 5.73 Å². The molecule has 3 N–H and O–H groups in total. The predicted molar refractivity (Wildman–Crippen MR) is 65.9 cm³/mol. The molecule has 0 saturated heterocycles. The molecule has 0 aliphatic carbocycles. The second-order valence-electron chi connectivity index (χ2n) is 3.74. The van der Waals surface area contributed by atoms with E-state index in [4.69, 9.17) is 5.73 Å². The van der Waals surface area contributed by atoms with E-state index in [-0.39, 0.29) is 0 Å². The van der Waals surface area contributed by atoms with Crippen molar-refractivity contribution in [2.75, 3.05) is 5.73 Å². The van der Waals surface area contributed by atoms with Gasteiger partial charge in [-0.25, -0.2) is 0 Å². The first-order chi connectivity index (χ1) is 7.84. The molecule has 3 rings (SSSR count). The molecule has 0 spiro atoms. The largest absolute Gasteiger partial charge is 0.399 e. The minimum absolute atomic E-state index is 0.767. The van der Waals surface area contributed by atoms with Crippen molar-refractivity contribution >= 4 is 16.6 Å². The zero-order chi connectivity index (χ0) is 11.0. The standard InChI is InChI=1S/C13H11N3/c14-10-7-5-9(6-8-10)13-11-3-1-2-4-12(11)15-16-13/h1-8H,14H2,(H,15,16). The number of para-hydroxylation sites is 1. The van der Waals surface area contributed by atoms with E-state index in [1.165, 1.54) is 0 Å². The van der Waals surface area contributed by atoms with Crippen molar-refractivity contribution in [1.82, 2.24) is 10.2 Å². The molecule has 0 bridgehead atoms. The molecule has 0 saturated carbocycles. The zero-order valence-corrected chi connectivity index (χ0v) is 8.64. The Labute approximate surface area is 92.9 Å². The van der Waals surface area contributed by atoms with E-state index in [1.807, 2.05) is 42.5 Å². The van der Waals surface area contributed by atoms with Crippen molar-refractivity contribution < 1.29 is 0 Å². The molecule has 78 valence electrons. The van der Waals surface area contributed by atoms with Crippen LogP contribution in [0.4, 0.5) is 5.69 Å². The molecule has 3 nitrogen and oxygen atoms in total. The molecule has 0 aliphatic heterocycles. The summed E-state index contributed by atoms with van der Waals surface area (Å²) in [6.07, 6.45) is 0. The molecule has 2 aromatic carbocycles. The maximum absolute atomic E-state index is 5.66. The van der Waals surface area contributed by atoms with Crippen LogP contribution in [0.15, 0.2) is 48.5 Å². The van der Waals surface area contributed by atoms with Gasteiger partial charge in [-0.3, -0.25) is 5.10 Å². The number of nitrogens with zero attached hydrogens (tertiary/aromatic N) is 1. The van der Waals surface area contributed by atoms with Gasteiger partial charge in [0.25, 0.3) is 0 Å². The minimum Gasteiger partial charge on any atom is -0.399 e. The van der Waals surface area contributed by atoms with Crippen molar-refractivity contribution in [1.29, 1.82) is 0 Å². The maximum atomic E-state index is 5.66. The number of fused-ring (bicyclic) bond motifs is 1. The van der Waals surface area contributed by atoms with Gasteiger partial charge in [0.2, 0.25) is 0 Å². The summed E-state index contributed by atoms with van der Waals surface area (Å²) in [5.41, 5.74) is 9.53. The van der Waals surface area contributed by atoms with Gasteiger partial charge in [-0.2, -0.15) is 5.10 Å². The van der Waals surface area contributed by atoms with Gasteiger partial charge in [-0.1, -0.05) is 30.3 Å². The highest BCUT2D eigenvalue weighted by atomic mass is 15.1. The highest BCUT2D eigenvalue weighted by molar-refractivity contribution is 5.92. The molecule has 3 aromatic rings. The molecule has 1 aromatic heterocycles. The number of benzene rings is 2. The van der Waals surface area contributed by atoms with Crippen LogP contribution < -0.4 is 5.73 Å². The van der Waals surface area contributed by atoms with Gasteiger partial charge >= 0.3 is 0 Å². The molecule has 0 atom stereocenters. The topological polar surface area (TPSA) is 54.7 Å². The third-order valence-corrected chi connectivity index (χ3v) is 2.65. The number of rotatable bonds is 1. The zero-order valence-electron chi connectivity index (χ0n) is 8.64. The average Bonchev–Trinajstić information content (AvgIpc) is 2.74. The van der Waals surface area contributed by atoms with E-state index in [0.29, 0.717) is 0 Å². The Balaban J connectivity index is 2.22. The summed E-state index contributed by atoms with van der Waals surface area (Å²) in [5.74, 6) is 0. The van der Waals surface area contributed by atoms with Gasteiger partial charge in [0.1, 0.15) is 0 Å². The number of nitrogens with two attached hydrogens (primary N) is 1. The van der Waals surface area contributed by atoms with Crippen molar-refractivity contribution in [2.24, 2.45) is 0 Å². The fourth-order valence-electron chi connectivity index (χ4n) is 1.82. The molecule has 0 fully saturated rings. The smallest absolute Gasteiger partial charge is 0.0999 e. The highest BCUT2D eigenvalue weighted by Gasteiger charge is 2.06. The number of H-pyrrole nitrogens is 1. The Bertz CT molecular complexity index is 623. The summed E-state index contributed by atoms with van der Waals surface area (Å²) in [5, 5.41) is 8.48. The molecule has 0 aliphatic rings. The molecule has 0 unspecified atom stereocenters. The van der Waals surface area contributed by atoms with E-state index in [2.05, 4.69) is 16.3 Å². The van der Waals surface area contributed by atoms with Gasteiger partial charge in [0, 0.05) is 16.6 Å². The summed E-state index contributed by atoms with van der Waals surface area (Å²) in [6, 6.07) is 15.8. The fraction of sp³-hybridized carbons (Fsp3) is 0. The van der Waals surface area contributed by atoms with Crippen molar-refractivity contribution in [2.45, 2.75) is 0 Å².